The van der Waals surface area contributed by atoms with E-state index in [0.29, 0.717) is 22.1 Å². The van der Waals surface area contributed by atoms with Gasteiger partial charge in [0.15, 0.2) is 5.11 Å². The summed E-state index contributed by atoms with van der Waals surface area (Å²) in [5.41, 5.74) is 3.42. The Labute approximate surface area is 197 Å². The van der Waals surface area contributed by atoms with Gasteiger partial charge in [-0.3, -0.25) is 0 Å². The van der Waals surface area contributed by atoms with Crippen molar-refractivity contribution in [1.82, 2.24) is 10.2 Å². The van der Waals surface area contributed by atoms with Gasteiger partial charge in [0.05, 0.1) is 18.2 Å². The van der Waals surface area contributed by atoms with E-state index in [9.17, 15) is 9.59 Å². The van der Waals surface area contributed by atoms with Crippen molar-refractivity contribution in [2.45, 2.75) is 24.8 Å². The van der Waals surface area contributed by atoms with Crippen LogP contribution in [-0.4, -0.2) is 41.9 Å². The van der Waals surface area contributed by atoms with Crippen molar-refractivity contribution >= 4 is 52.5 Å². The zero-order chi connectivity index (χ0) is 23.3. The summed E-state index contributed by atoms with van der Waals surface area (Å²) in [5, 5.41) is 9.35. The number of urea groups is 1. The number of carbonyl (C=O) groups is 2. The van der Waals surface area contributed by atoms with Crippen LogP contribution in [0.1, 0.15) is 25.5 Å². The third-order valence-electron chi connectivity index (χ3n) is 5.10. The van der Waals surface area contributed by atoms with Crippen molar-refractivity contribution in [3.05, 3.63) is 65.4 Å². The number of carbonyl (C=O) groups excluding carboxylic acids is 2. The fourth-order valence-corrected chi connectivity index (χ4v) is 3.95. The van der Waals surface area contributed by atoms with Crippen molar-refractivity contribution in [2.75, 3.05) is 30.5 Å². The van der Waals surface area contributed by atoms with Gasteiger partial charge in [0.2, 0.25) is 0 Å². The molecule has 2 aromatic carbocycles. The zero-order valence-corrected chi connectivity index (χ0v) is 20.0. The Balaban J connectivity index is 1.73. The number of anilines is 2. The lowest BCUT2D eigenvalue weighted by atomic mass is 9.95. The van der Waals surface area contributed by atoms with Crippen molar-refractivity contribution in [3.63, 3.8) is 0 Å². The van der Waals surface area contributed by atoms with E-state index >= 15 is 0 Å². The second-order valence-corrected chi connectivity index (χ2v) is 8.36. The topological polar surface area (TPSA) is 82.7 Å². The molecule has 0 aromatic heterocycles. The van der Waals surface area contributed by atoms with Crippen molar-refractivity contribution < 1.29 is 14.3 Å². The van der Waals surface area contributed by atoms with Crippen LogP contribution in [0.3, 0.4) is 0 Å². The van der Waals surface area contributed by atoms with E-state index in [2.05, 4.69) is 16.0 Å². The lowest BCUT2D eigenvalue weighted by Crippen LogP contribution is -2.46. The summed E-state index contributed by atoms with van der Waals surface area (Å²) < 4.78 is 5.26. The highest BCUT2D eigenvalue weighted by molar-refractivity contribution is 7.98. The maximum atomic E-state index is 12.6. The van der Waals surface area contributed by atoms with Crippen LogP contribution in [-0.2, 0) is 9.53 Å². The molecule has 3 N–H and O–H groups in total. The summed E-state index contributed by atoms with van der Waals surface area (Å²) in [5.74, 6) is -0.383. The van der Waals surface area contributed by atoms with Crippen LogP contribution in [0.5, 0.6) is 0 Å². The van der Waals surface area contributed by atoms with Crippen LogP contribution in [0.15, 0.2) is 64.7 Å². The second-order valence-electron chi connectivity index (χ2n) is 7.09. The standard InChI is InChI=1S/C23H26N4O3S2/c1-5-30-21(28)19-14(2)27(3)23(31)26-20(19)15-6-8-16(9-7-15)24-22(29)25-17-10-12-18(32-4)13-11-17/h6-13,20H,5H2,1-4H3,(H,26,31)(H2,24,25,29). The van der Waals surface area contributed by atoms with E-state index in [1.165, 1.54) is 0 Å². The predicted octanol–water partition coefficient (Wildman–Crippen LogP) is 4.75. The number of esters is 1. The van der Waals surface area contributed by atoms with Crippen molar-refractivity contribution in [2.24, 2.45) is 0 Å². The molecule has 3 rings (SSSR count). The third-order valence-corrected chi connectivity index (χ3v) is 6.23. The Kier molecular flexibility index (Phi) is 7.76. The minimum Gasteiger partial charge on any atom is -0.463 e. The lowest BCUT2D eigenvalue weighted by Gasteiger charge is -2.35. The van der Waals surface area contributed by atoms with Crippen LogP contribution in [0.25, 0.3) is 0 Å². The van der Waals surface area contributed by atoms with E-state index in [1.807, 2.05) is 49.6 Å². The molecule has 32 heavy (non-hydrogen) atoms. The van der Waals surface area contributed by atoms with E-state index in [1.54, 1.807) is 42.8 Å². The first-order chi connectivity index (χ1) is 15.3. The van der Waals surface area contributed by atoms with Gasteiger partial charge in [-0.25, -0.2) is 9.59 Å². The number of ether oxygens (including phenoxy) is 1. The summed E-state index contributed by atoms with van der Waals surface area (Å²) in [6.45, 7) is 3.91. The van der Waals surface area contributed by atoms with Crippen LogP contribution < -0.4 is 16.0 Å². The number of nitrogens with zero attached hydrogens (tertiary/aromatic N) is 1. The monoisotopic (exact) mass is 470 g/mol. The zero-order valence-electron chi connectivity index (χ0n) is 18.4. The number of nitrogens with one attached hydrogen (secondary N) is 3. The molecule has 1 atom stereocenters. The number of benzene rings is 2. The molecular weight excluding hydrogens is 444 g/mol. The molecule has 0 bridgehead atoms. The predicted molar refractivity (Wildman–Crippen MR) is 133 cm³/mol. The Morgan fingerprint density at radius 1 is 1.09 bits per heavy atom. The van der Waals surface area contributed by atoms with Gasteiger partial charge in [-0.1, -0.05) is 12.1 Å². The molecule has 1 heterocycles. The highest BCUT2D eigenvalue weighted by atomic mass is 32.2. The van der Waals surface area contributed by atoms with Crippen molar-refractivity contribution in [3.8, 4) is 0 Å². The summed E-state index contributed by atoms with van der Waals surface area (Å²) in [7, 11) is 1.81. The molecule has 0 aliphatic carbocycles. The average molecular weight is 471 g/mol. The van der Waals surface area contributed by atoms with Gasteiger partial charge in [0, 0.05) is 29.0 Å². The third kappa shape index (κ3) is 5.41. The Bertz CT molecular complexity index is 1040. The van der Waals surface area contributed by atoms with Gasteiger partial charge >= 0.3 is 12.0 Å². The van der Waals surface area contributed by atoms with Gasteiger partial charge in [0.1, 0.15) is 0 Å². The molecule has 0 radical (unpaired) electrons. The van der Waals surface area contributed by atoms with Gasteiger partial charge in [-0.15, -0.1) is 11.8 Å². The van der Waals surface area contributed by atoms with E-state index in [4.69, 9.17) is 17.0 Å². The summed E-state index contributed by atoms with van der Waals surface area (Å²) in [6.07, 6.45) is 2.00. The molecular formula is C23H26N4O3S2. The molecule has 1 aliphatic rings. The largest absolute Gasteiger partial charge is 0.463 e. The highest BCUT2D eigenvalue weighted by Crippen LogP contribution is 2.31. The minimum absolute atomic E-state index is 0.286. The van der Waals surface area contributed by atoms with Crippen LogP contribution in [0.2, 0.25) is 0 Å². The van der Waals surface area contributed by atoms with Crippen molar-refractivity contribution in [1.29, 1.82) is 0 Å². The first kappa shape index (κ1) is 23.6. The van der Waals surface area contributed by atoms with Gasteiger partial charge in [-0.2, -0.15) is 0 Å². The molecule has 0 saturated heterocycles. The molecule has 0 saturated carbocycles. The Hall–Kier alpha value is -3.04. The molecule has 2 amide bonds. The number of allylic oxidation sites excluding steroid dienone is 1. The number of rotatable bonds is 6. The molecule has 2 aromatic rings. The van der Waals surface area contributed by atoms with Crippen LogP contribution in [0, 0.1) is 0 Å². The number of hydrogen-bond donors (Lipinski definition) is 3. The van der Waals surface area contributed by atoms with Crippen LogP contribution in [0.4, 0.5) is 16.2 Å². The first-order valence-corrected chi connectivity index (χ1v) is 11.7. The normalized spacial score (nSPS) is 15.8. The van der Waals surface area contributed by atoms with E-state index in [0.717, 1.165) is 16.2 Å². The maximum Gasteiger partial charge on any atom is 0.338 e. The molecule has 168 valence electrons. The minimum atomic E-state index is -0.435. The second kappa shape index (κ2) is 10.5. The number of thioether (sulfide) groups is 1. The Morgan fingerprint density at radius 2 is 1.66 bits per heavy atom. The van der Waals surface area contributed by atoms with Gasteiger partial charge < -0.3 is 25.6 Å². The fraction of sp³-hybridized carbons (Fsp3) is 0.261. The molecule has 1 aliphatic heterocycles. The highest BCUT2D eigenvalue weighted by Gasteiger charge is 2.33. The molecule has 9 heteroatoms. The molecule has 1 unspecified atom stereocenters. The van der Waals surface area contributed by atoms with E-state index < -0.39 is 6.04 Å². The number of hydrogen-bond acceptors (Lipinski definition) is 5. The quantitative estimate of drug-likeness (QED) is 0.319. The average Bonchev–Trinajstić information content (AvgIpc) is 2.78. The smallest absolute Gasteiger partial charge is 0.338 e. The molecule has 0 spiro atoms. The number of amides is 2. The van der Waals surface area contributed by atoms with Gasteiger partial charge in [-0.05, 0) is 74.3 Å². The number of thiocarbonyl (C=S) groups is 1. The summed E-state index contributed by atoms with van der Waals surface area (Å²) >= 11 is 7.05. The van der Waals surface area contributed by atoms with Gasteiger partial charge in [0.25, 0.3) is 0 Å². The fourth-order valence-electron chi connectivity index (χ4n) is 3.29. The summed E-state index contributed by atoms with van der Waals surface area (Å²) in [4.78, 5) is 27.8. The first-order valence-electron chi connectivity index (χ1n) is 10.1. The van der Waals surface area contributed by atoms with E-state index in [-0.39, 0.29) is 18.6 Å². The van der Waals surface area contributed by atoms with Crippen LogP contribution >= 0.6 is 24.0 Å². The summed E-state index contributed by atoms with van der Waals surface area (Å²) in [6, 6.07) is 14.1. The molecule has 7 nitrogen and oxygen atoms in total. The lowest BCUT2D eigenvalue weighted by molar-refractivity contribution is -0.139. The maximum absolute atomic E-state index is 12.6. The molecule has 0 fully saturated rings. The SMILES string of the molecule is CCOC(=O)C1=C(C)N(C)C(=S)NC1c1ccc(NC(=O)Nc2ccc(SC)cc2)cc1. The Morgan fingerprint density at radius 3 is 2.19 bits per heavy atom.